The Kier molecular flexibility index (Phi) is 4.75. The molecule has 5 heteroatoms. The molecule has 2 amide bonds. The zero-order valence-electron chi connectivity index (χ0n) is 16.1. The van der Waals surface area contributed by atoms with Crippen molar-refractivity contribution in [3.8, 4) is 0 Å². The summed E-state index contributed by atoms with van der Waals surface area (Å²) >= 11 is 0. The highest BCUT2D eigenvalue weighted by Gasteiger charge is 2.43. The number of imide groups is 1. The number of amides is 2. The summed E-state index contributed by atoms with van der Waals surface area (Å²) in [6, 6.07) is 14.8. The third-order valence-electron chi connectivity index (χ3n) is 5.39. The number of likely N-dealkylation sites (tertiary alicyclic amines) is 1. The molecule has 2 aromatic rings. The van der Waals surface area contributed by atoms with Crippen molar-refractivity contribution in [2.75, 3.05) is 18.0 Å². The Labute approximate surface area is 164 Å². The quantitative estimate of drug-likeness (QED) is 0.756. The first-order valence-electron chi connectivity index (χ1n) is 9.64. The lowest BCUT2D eigenvalue weighted by Crippen LogP contribution is -2.42. The Hall–Kier alpha value is -2.95. The molecular weight excluding hydrogens is 355 g/mol. The minimum absolute atomic E-state index is 0.336. The van der Waals surface area contributed by atoms with Gasteiger partial charge in [-0.1, -0.05) is 44.2 Å². The number of piperidine rings is 1. The number of hydrogen-bond donors (Lipinski definition) is 0. The van der Waals surface area contributed by atoms with Gasteiger partial charge in [0.05, 0.1) is 11.3 Å². The van der Waals surface area contributed by atoms with E-state index in [0.717, 1.165) is 25.1 Å². The van der Waals surface area contributed by atoms with Crippen LogP contribution in [0.3, 0.4) is 0 Å². The van der Waals surface area contributed by atoms with E-state index >= 15 is 0 Å². The molecule has 0 saturated carbocycles. The van der Waals surface area contributed by atoms with Gasteiger partial charge >= 0.3 is 0 Å². The average Bonchev–Trinajstić information content (AvgIpc) is 2.93. The smallest absolute Gasteiger partial charge is 0.282 e. The van der Waals surface area contributed by atoms with E-state index in [4.69, 9.17) is 0 Å². The zero-order chi connectivity index (χ0) is 19.8. The lowest BCUT2D eigenvalue weighted by molar-refractivity contribution is -0.120. The fraction of sp³-hybridized carbons (Fsp3) is 0.304. The first kappa shape index (κ1) is 18.4. The van der Waals surface area contributed by atoms with Crippen LogP contribution in [-0.4, -0.2) is 29.8 Å². The van der Waals surface area contributed by atoms with Gasteiger partial charge in [0.2, 0.25) is 0 Å². The lowest BCUT2D eigenvalue weighted by Gasteiger charge is -2.37. The molecule has 0 spiro atoms. The summed E-state index contributed by atoms with van der Waals surface area (Å²) in [5.41, 5.74) is 2.00. The molecule has 2 aliphatic heterocycles. The van der Waals surface area contributed by atoms with Crippen LogP contribution in [0, 0.1) is 17.7 Å². The molecule has 0 bridgehead atoms. The third-order valence-corrected chi connectivity index (χ3v) is 5.39. The summed E-state index contributed by atoms with van der Waals surface area (Å²) in [6.07, 6.45) is 1.11. The molecule has 2 aliphatic rings. The zero-order valence-corrected chi connectivity index (χ0v) is 16.1. The number of nitrogens with zero attached hydrogens (tertiary/aromatic N) is 2. The molecule has 4 rings (SSSR count). The number of rotatable bonds is 3. The van der Waals surface area contributed by atoms with Crippen LogP contribution in [0.4, 0.5) is 10.1 Å². The maximum absolute atomic E-state index is 13.4. The van der Waals surface area contributed by atoms with Gasteiger partial charge in [0.25, 0.3) is 11.8 Å². The fourth-order valence-corrected chi connectivity index (χ4v) is 4.35. The molecule has 2 heterocycles. The van der Waals surface area contributed by atoms with E-state index in [-0.39, 0.29) is 11.8 Å². The van der Waals surface area contributed by atoms with E-state index in [2.05, 4.69) is 18.7 Å². The van der Waals surface area contributed by atoms with Crippen molar-refractivity contribution in [2.24, 2.45) is 11.8 Å². The van der Waals surface area contributed by atoms with Gasteiger partial charge in [-0.05, 0) is 48.1 Å². The first-order valence-corrected chi connectivity index (χ1v) is 9.64. The van der Waals surface area contributed by atoms with E-state index in [1.54, 1.807) is 0 Å². The van der Waals surface area contributed by atoms with Crippen molar-refractivity contribution in [3.05, 3.63) is 71.7 Å². The van der Waals surface area contributed by atoms with Crippen molar-refractivity contribution in [2.45, 2.75) is 20.3 Å². The Balaban J connectivity index is 1.82. The Morgan fingerprint density at radius 1 is 0.857 bits per heavy atom. The number of benzene rings is 2. The fourth-order valence-electron chi connectivity index (χ4n) is 4.35. The van der Waals surface area contributed by atoms with Crippen LogP contribution in [0.5, 0.6) is 0 Å². The van der Waals surface area contributed by atoms with Crippen LogP contribution in [-0.2, 0) is 9.59 Å². The number of halogens is 1. The van der Waals surface area contributed by atoms with Gasteiger partial charge in [-0.25, -0.2) is 9.29 Å². The van der Waals surface area contributed by atoms with Crippen LogP contribution in [0.15, 0.2) is 60.3 Å². The summed E-state index contributed by atoms with van der Waals surface area (Å²) in [5, 5.41) is 0. The van der Waals surface area contributed by atoms with Gasteiger partial charge in [-0.2, -0.15) is 0 Å². The second-order valence-electron chi connectivity index (χ2n) is 7.86. The molecule has 2 unspecified atom stereocenters. The Bertz CT molecular complexity index is 927. The monoisotopic (exact) mass is 378 g/mol. The molecule has 4 nitrogen and oxygen atoms in total. The third kappa shape index (κ3) is 3.21. The van der Waals surface area contributed by atoms with Gasteiger partial charge < -0.3 is 4.90 Å². The highest BCUT2D eigenvalue weighted by molar-refractivity contribution is 6.45. The van der Waals surface area contributed by atoms with Crippen LogP contribution >= 0.6 is 0 Å². The molecule has 0 aromatic heterocycles. The summed E-state index contributed by atoms with van der Waals surface area (Å²) in [5.74, 6) is -0.217. The topological polar surface area (TPSA) is 40.6 Å². The SMILES string of the molecule is CC1CC(C)CN(C2=C(c3ccccc3)C(=O)N(c3ccc(F)cc3)C2=O)C1. The van der Waals surface area contributed by atoms with Crippen LogP contribution in [0.1, 0.15) is 25.8 Å². The van der Waals surface area contributed by atoms with Gasteiger partial charge in [0.15, 0.2) is 0 Å². The van der Waals surface area contributed by atoms with Crippen molar-refractivity contribution in [1.82, 2.24) is 4.90 Å². The Morgan fingerprint density at radius 2 is 1.46 bits per heavy atom. The molecule has 0 N–H and O–H groups in total. The van der Waals surface area contributed by atoms with Gasteiger partial charge in [-0.3, -0.25) is 9.59 Å². The number of hydrogen-bond acceptors (Lipinski definition) is 3. The molecule has 144 valence electrons. The molecule has 2 atom stereocenters. The number of carbonyl (C=O) groups is 2. The Morgan fingerprint density at radius 3 is 2.07 bits per heavy atom. The highest BCUT2D eigenvalue weighted by atomic mass is 19.1. The molecule has 2 aromatic carbocycles. The first-order chi connectivity index (χ1) is 13.5. The number of anilines is 1. The summed E-state index contributed by atoms with van der Waals surface area (Å²) in [7, 11) is 0. The summed E-state index contributed by atoms with van der Waals surface area (Å²) in [4.78, 5) is 30.0. The van der Waals surface area contributed by atoms with E-state index in [9.17, 15) is 14.0 Å². The second-order valence-corrected chi connectivity index (χ2v) is 7.86. The predicted octanol–water partition coefficient (Wildman–Crippen LogP) is 4.09. The molecule has 28 heavy (non-hydrogen) atoms. The maximum Gasteiger partial charge on any atom is 0.282 e. The van der Waals surface area contributed by atoms with E-state index in [1.807, 2.05) is 30.3 Å². The summed E-state index contributed by atoms with van der Waals surface area (Å²) < 4.78 is 13.4. The molecule has 0 aliphatic carbocycles. The minimum Gasteiger partial charge on any atom is -0.366 e. The lowest BCUT2D eigenvalue weighted by atomic mass is 9.91. The normalized spacial score (nSPS) is 23.0. The van der Waals surface area contributed by atoms with Gasteiger partial charge in [-0.15, -0.1) is 0 Å². The largest absolute Gasteiger partial charge is 0.366 e. The highest BCUT2D eigenvalue weighted by Crippen LogP contribution is 2.37. The summed E-state index contributed by atoms with van der Waals surface area (Å²) in [6.45, 7) is 5.83. The van der Waals surface area contributed by atoms with Crippen molar-refractivity contribution in [1.29, 1.82) is 0 Å². The second kappa shape index (κ2) is 7.23. The predicted molar refractivity (Wildman–Crippen MR) is 107 cm³/mol. The van der Waals surface area contributed by atoms with Gasteiger partial charge in [0, 0.05) is 13.1 Å². The van der Waals surface area contributed by atoms with E-state index < -0.39 is 5.82 Å². The number of carbonyl (C=O) groups excluding carboxylic acids is 2. The van der Waals surface area contributed by atoms with Crippen molar-refractivity contribution in [3.63, 3.8) is 0 Å². The van der Waals surface area contributed by atoms with Crippen LogP contribution < -0.4 is 4.90 Å². The molecule has 1 saturated heterocycles. The van der Waals surface area contributed by atoms with Crippen LogP contribution in [0.2, 0.25) is 0 Å². The molecule has 1 fully saturated rings. The molecular formula is C23H23FN2O2. The van der Waals surface area contributed by atoms with E-state index in [1.165, 1.54) is 29.2 Å². The van der Waals surface area contributed by atoms with Crippen molar-refractivity contribution >= 4 is 23.1 Å². The van der Waals surface area contributed by atoms with Crippen LogP contribution in [0.25, 0.3) is 5.57 Å². The van der Waals surface area contributed by atoms with Gasteiger partial charge in [0.1, 0.15) is 11.5 Å². The minimum atomic E-state index is -0.405. The average molecular weight is 378 g/mol. The molecule has 0 radical (unpaired) electrons. The maximum atomic E-state index is 13.4. The van der Waals surface area contributed by atoms with Crippen molar-refractivity contribution < 1.29 is 14.0 Å². The van der Waals surface area contributed by atoms with E-state index in [0.29, 0.717) is 28.8 Å². The standard InChI is InChI=1S/C23H23FN2O2/c1-15-12-16(2)14-25(13-15)21-20(17-6-4-3-5-7-17)22(27)26(23(21)28)19-10-8-18(24)9-11-19/h3-11,15-16H,12-14H2,1-2H3.